The molecule has 1 aromatic heterocycles. The molecule has 11 heteroatoms. The first kappa shape index (κ1) is 20.3. The highest BCUT2D eigenvalue weighted by Gasteiger charge is 2.19. The van der Waals surface area contributed by atoms with Crippen molar-refractivity contribution >= 4 is 27.3 Å². The molecular weight excluding hydrogens is 376 g/mol. The minimum absolute atomic E-state index is 0.000848. The number of nitrogens with zero attached hydrogens (tertiary/aromatic N) is 3. The van der Waals surface area contributed by atoms with Gasteiger partial charge in [0.25, 0.3) is 11.2 Å². The molecule has 0 aliphatic rings. The number of nitrogens with one attached hydrogen (secondary N) is 1. The minimum Gasteiger partial charge on any atom is -0.324 e. The van der Waals surface area contributed by atoms with Crippen molar-refractivity contribution in [2.75, 3.05) is 19.4 Å². The van der Waals surface area contributed by atoms with Gasteiger partial charge in [0.1, 0.15) is 6.54 Å². The molecule has 1 amide bonds. The second-order valence-electron chi connectivity index (χ2n) is 5.92. The van der Waals surface area contributed by atoms with Gasteiger partial charge in [-0.15, -0.1) is 0 Å². The highest BCUT2D eigenvalue weighted by atomic mass is 32.2. The number of amides is 1. The van der Waals surface area contributed by atoms with E-state index in [-0.39, 0.29) is 16.3 Å². The van der Waals surface area contributed by atoms with Crippen molar-refractivity contribution in [3.8, 4) is 0 Å². The maximum Gasteiger partial charge on any atom is 0.285 e. The number of aromatic nitrogens is 1. The average molecular weight is 394 g/mol. The summed E-state index contributed by atoms with van der Waals surface area (Å²) < 4.78 is 26.4. The fraction of sp³-hybridized carbons (Fsp3) is 0.250. The summed E-state index contributed by atoms with van der Waals surface area (Å²) in [6.45, 7) is 1.23. The summed E-state index contributed by atoms with van der Waals surface area (Å²) in [7, 11) is -0.899. The van der Waals surface area contributed by atoms with E-state index in [9.17, 15) is 28.1 Å². The van der Waals surface area contributed by atoms with Crippen LogP contribution in [0, 0.1) is 17.0 Å². The Hall–Kier alpha value is -3.05. The molecule has 0 spiro atoms. The highest BCUT2D eigenvalue weighted by Crippen LogP contribution is 2.22. The molecule has 27 heavy (non-hydrogen) atoms. The molecule has 1 heterocycles. The zero-order chi connectivity index (χ0) is 20.4. The number of hydrogen-bond donors (Lipinski definition) is 1. The molecule has 1 N–H and O–H groups in total. The fourth-order valence-corrected chi connectivity index (χ4v) is 3.13. The predicted octanol–water partition coefficient (Wildman–Crippen LogP) is 0.954. The van der Waals surface area contributed by atoms with E-state index in [2.05, 4.69) is 5.32 Å². The lowest BCUT2D eigenvalue weighted by atomic mass is 10.2. The number of pyridine rings is 1. The average Bonchev–Trinajstić information content (AvgIpc) is 2.58. The Morgan fingerprint density at radius 2 is 1.93 bits per heavy atom. The van der Waals surface area contributed by atoms with E-state index in [0.29, 0.717) is 5.56 Å². The van der Waals surface area contributed by atoms with Crippen LogP contribution in [0.5, 0.6) is 0 Å². The molecule has 0 fully saturated rings. The Labute approximate surface area is 155 Å². The Bertz CT molecular complexity index is 1060. The molecule has 2 rings (SSSR count). The van der Waals surface area contributed by atoms with Crippen molar-refractivity contribution in [1.29, 1.82) is 0 Å². The van der Waals surface area contributed by atoms with E-state index >= 15 is 0 Å². The van der Waals surface area contributed by atoms with Crippen molar-refractivity contribution in [3.05, 3.63) is 62.6 Å². The van der Waals surface area contributed by atoms with Gasteiger partial charge in [-0.25, -0.2) is 12.7 Å². The largest absolute Gasteiger partial charge is 0.324 e. The van der Waals surface area contributed by atoms with Crippen LogP contribution in [-0.4, -0.2) is 42.2 Å². The standard InChI is InChI=1S/C16H18N4O6S/c1-11-4-6-13(27(25,26)18(2)3)8-14(11)17-15(21)10-19-9-12(20(23)24)5-7-16(19)22/h4-9H,10H2,1-3H3,(H,17,21). The number of carbonyl (C=O) groups is 1. The molecule has 10 nitrogen and oxygen atoms in total. The molecule has 2 aromatic rings. The second-order valence-corrected chi connectivity index (χ2v) is 8.07. The summed E-state index contributed by atoms with van der Waals surface area (Å²) in [6, 6.07) is 6.34. The van der Waals surface area contributed by atoms with Crippen LogP contribution >= 0.6 is 0 Å². The van der Waals surface area contributed by atoms with Crippen molar-refractivity contribution in [2.45, 2.75) is 18.4 Å². The third-order valence-corrected chi connectivity index (χ3v) is 5.57. The molecule has 0 saturated heterocycles. The van der Waals surface area contributed by atoms with Crippen molar-refractivity contribution in [3.63, 3.8) is 0 Å². The van der Waals surface area contributed by atoms with Gasteiger partial charge in [-0.1, -0.05) is 6.07 Å². The summed E-state index contributed by atoms with van der Waals surface area (Å²) in [5, 5.41) is 13.3. The van der Waals surface area contributed by atoms with Gasteiger partial charge >= 0.3 is 0 Å². The zero-order valence-corrected chi connectivity index (χ0v) is 15.7. The van der Waals surface area contributed by atoms with Gasteiger partial charge in [0.05, 0.1) is 16.0 Å². The first-order valence-electron chi connectivity index (χ1n) is 7.70. The topological polar surface area (TPSA) is 132 Å². The van der Waals surface area contributed by atoms with E-state index in [1.807, 2.05) is 0 Å². The molecule has 0 bridgehead atoms. The van der Waals surface area contributed by atoms with E-state index in [4.69, 9.17) is 0 Å². The first-order chi connectivity index (χ1) is 12.5. The van der Waals surface area contributed by atoms with Crippen LogP contribution < -0.4 is 10.9 Å². The van der Waals surface area contributed by atoms with Crippen molar-refractivity contribution < 1.29 is 18.1 Å². The van der Waals surface area contributed by atoms with Gasteiger partial charge in [0.15, 0.2) is 0 Å². The molecule has 1 aromatic carbocycles. The first-order valence-corrected chi connectivity index (χ1v) is 9.14. The zero-order valence-electron chi connectivity index (χ0n) is 14.9. The number of aryl methyl sites for hydroxylation is 1. The van der Waals surface area contributed by atoms with E-state index in [1.165, 1.54) is 26.2 Å². The van der Waals surface area contributed by atoms with Crippen LogP contribution in [0.4, 0.5) is 11.4 Å². The van der Waals surface area contributed by atoms with E-state index < -0.39 is 33.0 Å². The Kier molecular flexibility index (Phi) is 5.76. The summed E-state index contributed by atoms with van der Waals surface area (Å²) >= 11 is 0. The number of rotatable bonds is 6. The normalized spacial score (nSPS) is 11.4. The second kappa shape index (κ2) is 7.68. The lowest BCUT2D eigenvalue weighted by Crippen LogP contribution is -2.27. The summed E-state index contributed by atoms with van der Waals surface area (Å²) in [4.78, 5) is 34.2. The Morgan fingerprint density at radius 1 is 1.26 bits per heavy atom. The van der Waals surface area contributed by atoms with Gasteiger partial charge in [-0.05, 0) is 24.6 Å². The maximum atomic E-state index is 12.3. The summed E-state index contributed by atoms with van der Waals surface area (Å²) in [6.07, 6.45) is 0.974. The van der Waals surface area contributed by atoms with Crippen LogP contribution in [0.15, 0.2) is 46.2 Å². The molecule has 0 atom stereocenters. The monoisotopic (exact) mass is 394 g/mol. The van der Waals surface area contributed by atoms with Gasteiger partial charge in [0, 0.05) is 31.9 Å². The maximum absolute atomic E-state index is 12.3. The Morgan fingerprint density at radius 3 is 2.52 bits per heavy atom. The number of benzene rings is 1. The molecule has 0 aliphatic carbocycles. The molecule has 0 aliphatic heterocycles. The lowest BCUT2D eigenvalue weighted by molar-refractivity contribution is -0.385. The molecule has 0 radical (unpaired) electrons. The van der Waals surface area contributed by atoms with E-state index in [1.54, 1.807) is 13.0 Å². The molecule has 0 unspecified atom stereocenters. The minimum atomic E-state index is -3.68. The number of anilines is 1. The van der Waals surface area contributed by atoms with Crippen molar-refractivity contribution in [2.24, 2.45) is 0 Å². The molecular formula is C16H18N4O6S. The van der Waals surface area contributed by atoms with Crippen LogP contribution in [0.1, 0.15) is 5.56 Å². The van der Waals surface area contributed by atoms with Gasteiger partial charge in [0.2, 0.25) is 15.9 Å². The smallest absolute Gasteiger partial charge is 0.285 e. The molecule has 0 saturated carbocycles. The van der Waals surface area contributed by atoms with Crippen LogP contribution in [0.2, 0.25) is 0 Å². The fourth-order valence-electron chi connectivity index (χ4n) is 2.20. The van der Waals surface area contributed by atoms with Gasteiger partial charge in [-0.3, -0.25) is 24.3 Å². The van der Waals surface area contributed by atoms with Crippen molar-refractivity contribution in [1.82, 2.24) is 8.87 Å². The quantitative estimate of drug-likeness (QED) is 0.573. The lowest BCUT2D eigenvalue weighted by Gasteiger charge is -2.14. The SMILES string of the molecule is Cc1ccc(S(=O)(=O)N(C)C)cc1NC(=O)Cn1cc([N+](=O)[O-])ccc1=O. The number of nitro groups is 1. The highest BCUT2D eigenvalue weighted by molar-refractivity contribution is 7.89. The van der Waals surface area contributed by atoms with Gasteiger partial charge in [-0.2, -0.15) is 0 Å². The van der Waals surface area contributed by atoms with Crippen LogP contribution in [0.25, 0.3) is 0 Å². The summed E-state index contributed by atoms with van der Waals surface area (Å²) in [5.41, 5.74) is -0.0112. The van der Waals surface area contributed by atoms with E-state index in [0.717, 1.165) is 27.2 Å². The van der Waals surface area contributed by atoms with Crippen LogP contribution in [0.3, 0.4) is 0 Å². The number of sulfonamides is 1. The number of hydrogen-bond acceptors (Lipinski definition) is 6. The number of carbonyl (C=O) groups excluding carboxylic acids is 1. The third kappa shape index (κ3) is 4.57. The van der Waals surface area contributed by atoms with Gasteiger partial charge < -0.3 is 5.32 Å². The van der Waals surface area contributed by atoms with Crippen LogP contribution in [-0.2, 0) is 21.4 Å². The molecule has 144 valence electrons. The predicted molar refractivity (Wildman–Crippen MR) is 98.0 cm³/mol. The Balaban J connectivity index is 2.28. The summed E-state index contributed by atoms with van der Waals surface area (Å²) in [5.74, 6) is -0.625. The third-order valence-electron chi connectivity index (χ3n) is 3.75.